The first-order valence-electron chi connectivity index (χ1n) is 8.56. The molecule has 29 heavy (non-hydrogen) atoms. The normalized spacial score (nSPS) is 12.2. The van der Waals surface area contributed by atoms with Crippen LogP contribution in [0.2, 0.25) is 10.0 Å². The Labute approximate surface area is 184 Å². The summed E-state index contributed by atoms with van der Waals surface area (Å²) in [6, 6.07) is 12.8. The van der Waals surface area contributed by atoms with Gasteiger partial charge < -0.3 is 5.32 Å². The van der Waals surface area contributed by atoms with Crippen molar-refractivity contribution >= 4 is 50.9 Å². The van der Waals surface area contributed by atoms with Gasteiger partial charge in [0.2, 0.25) is 15.9 Å². The molecule has 154 valence electrons. The first-order chi connectivity index (χ1) is 13.8. The first kappa shape index (κ1) is 23.5. The molecular formula is C19H19Cl2N3O3S2. The third-order valence-corrected chi connectivity index (χ3v) is 7.36. The van der Waals surface area contributed by atoms with Crippen molar-refractivity contribution in [1.29, 1.82) is 5.26 Å². The Morgan fingerprint density at radius 1 is 1.17 bits per heavy atom. The summed E-state index contributed by atoms with van der Waals surface area (Å²) < 4.78 is 27.3. The molecule has 0 radical (unpaired) electrons. The van der Waals surface area contributed by atoms with Gasteiger partial charge in [0.1, 0.15) is 4.90 Å². The fraction of sp³-hybridized carbons (Fsp3) is 0.263. The van der Waals surface area contributed by atoms with Gasteiger partial charge in [-0.2, -0.15) is 21.7 Å². The number of nitriles is 1. The molecule has 0 unspecified atom stereocenters. The Kier molecular flexibility index (Phi) is 8.80. The molecule has 1 atom stereocenters. The van der Waals surface area contributed by atoms with E-state index in [-0.39, 0.29) is 14.9 Å². The lowest BCUT2D eigenvalue weighted by Gasteiger charge is -2.15. The quantitative estimate of drug-likeness (QED) is 0.544. The predicted octanol–water partition coefficient (Wildman–Crippen LogP) is 3.58. The molecular weight excluding hydrogens is 453 g/mol. The molecule has 2 aromatic carbocycles. The Balaban J connectivity index is 1.83. The molecule has 0 spiro atoms. The number of halogens is 2. The lowest BCUT2D eigenvalue weighted by Crippen LogP contribution is -2.45. The highest BCUT2D eigenvalue weighted by atomic mass is 35.5. The highest BCUT2D eigenvalue weighted by Gasteiger charge is 2.26. The van der Waals surface area contributed by atoms with Gasteiger partial charge in [0.25, 0.3) is 0 Å². The van der Waals surface area contributed by atoms with Crippen LogP contribution in [-0.2, 0) is 20.6 Å². The van der Waals surface area contributed by atoms with E-state index >= 15 is 0 Å². The van der Waals surface area contributed by atoms with Gasteiger partial charge in [0.05, 0.1) is 27.7 Å². The van der Waals surface area contributed by atoms with E-state index in [1.807, 2.05) is 18.2 Å². The van der Waals surface area contributed by atoms with Gasteiger partial charge >= 0.3 is 0 Å². The minimum Gasteiger partial charge on any atom is -0.354 e. The van der Waals surface area contributed by atoms with Gasteiger partial charge in [-0.1, -0.05) is 47.5 Å². The van der Waals surface area contributed by atoms with E-state index in [1.54, 1.807) is 17.8 Å². The number of amides is 1. The van der Waals surface area contributed by atoms with E-state index in [9.17, 15) is 13.2 Å². The average Bonchev–Trinajstić information content (AvgIpc) is 2.67. The van der Waals surface area contributed by atoms with E-state index in [0.717, 1.165) is 5.56 Å². The highest BCUT2D eigenvalue weighted by Crippen LogP contribution is 2.28. The number of nitrogens with one attached hydrogen (secondary N) is 2. The van der Waals surface area contributed by atoms with E-state index in [0.29, 0.717) is 23.6 Å². The highest BCUT2D eigenvalue weighted by molar-refractivity contribution is 7.98. The van der Waals surface area contributed by atoms with E-state index in [4.69, 9.17) is 28.5 Å². The van der Waals surface area contributed by atoms with Gasteiger partial charge in [-0.15, -0.1) is 0 Å². The number of carbonyl (C=O) groups is 1. The van der Waals surface area contributed by atoms with Crippen molar-refractivity contribution < 1.29 is 13.2 Å². The summed E-state index contributed by atoms with van der Waals surface area (Å²) in [7, 11) is -4.06. The molecule has 2 aromatic rings. The molecule has 10 heteroatoms. The summed E-state index contributed by atoms with van der Waals surface area (Å²) in [6.07, 6.45) is 0. The maximum absolute atomic E-state index is 12.5. The molecule has 0 heterocycles. The predicted molar refractivity (Wildman–Crippen MR) is 117 cm³/mol. The Bertz CT molecular complexity index is 1000. The van der Waals surface area contributed by atoms with Crippen molar-refractivity contribution in [1.82, 2.24) is 10.0 Å². The Hall–Kier alpha value is -1.76. The average molecular weight is 472 g/mol. The van der Waals surface area contributed by atoms with Crippen molar-refractivity contribution in [2.75, 3.05) is 12.3 Å². The van der Waals surface area contributed by atoms with Gasteiger partial charge in [0, 0.05) is 18.1 Å². The molecule has 2 rings (SSSR count). The van der Waals surface area contributed by atoms with Crippen molar-refractivity contribution in [2.45, 2.75) is 23.6 Å². The number of sulfonamides is 1. The molecule has 0 aliphatic heterocycles. The molecule has 0 aliphatic rings. The number of benzene rings is 2. The standard InChI is InChI=1S/C19H19Cl2N3O3S2/c1-13(24-29(26,27)18-16(20)7-4-8-17(18)21)19(25)23-9-10-28-12-15-6-3-2-5-14(15)11-22/h2-8,13,24H,9-10,12H2,1H3,(H,23,25)/t13-/m0/s1. The molecule has 2 N–H and O–H groups in total. The zero-order valence-electron chi connectivity index (χ0n) is 15.5. The number of hydrogen-bond acceptors (Lipinski definition) is 5. The van der Waals surface area contributed by atoms with Crippen LogP contribution in [0.15, 0.2) is 47.4 Å². The molecule has 1 amide bonds. The van der Waals surface area contributed by atoms with Crippen LogP contribution < -0.4 is 10.0 Å². The van der Waals surface area contributed by atoms with Crippen molar-refractivity contribution in [3.8, 4) is 6.07 Å². The lowest BCUT2D eigenvalue weighted by molar-refractivity contribution is -0.122. The smallest absolute Gasteiger partial charge is 0.244 e. The Morgan fingerprint density at radius 3 is 2.48 bits per heavy atom. The summed E-state index contributed by atoms with van der Waals surface area (Å²) in [5.74, 6) is 0.795. The van der Waals surface area contributed by atoms with Crippen molar-refractivity contribution in [2.24, 2.45) is 0 Å². The van der Waals surface area contributed by atoms with Crippen LogP contribution in [0.25, 0.3) is 0 Å². The maximum atomic E-state index is 12.5. The molecule has 0 aromatic heterocycles. The molecule has 0 fully saturated rings. The zero-order chi connectivity index (χ0) is 21.4. The van der Waals surface area contributed by atoms with Gasteiger partial charge in [-0.25, -0.2) is 8.42 Å². The topological polar surface area (TPSA) is 99.1 Å². The van der Waals surface area contributed by atoms with E-state index in [2.05, 4.69) is 16.1 Å². The van der Waals surface area contributed by atoms with E-state index < -0.39 is 22.0 Å². The summed E-state index contributed by atoms with van der Waals surface area (Å²) in [5.41, 5.74) is 1.56. The molecule has 6 nitrogen and oxygen atoms in total. The number of hydrogen-bond donors (Lipinski definition) is 2. The monoisotopic (exact) mass is 471 g/mol. The largest absolute Gasteiger partial charge is 0.354 e. The zero-order valence-corrected chi connectivity index (χ0v) is 18.6. The van der Waals surface area contributed by atoms with Gasteiger partial charge in [0.15, 0.2) is 0 Å². The summed E-state index contributed by atoms with van der Waals surface area (Å²) in [4.78, 5) is 11.9. The van der Waals surface area contributed by atoms with Crippen LogP contribution in [0.1, 0.15) is 18.1 Å². The number of rotatable bonds is 9. The second-order valence-corrected chi connectivity index (χ2v) is 9.58. The number of thioether (sulfide) groups is 1. The van der Waals surface area contributed by atoms with Crippen molar-refractivity contribution in [3.05, 3.63) is 63.6 Å². The van der Waals surface area contributed by atoms with Crippen LogP contribution in [0.5, 0.6) is 0 Å². The number of nitrogens with zero attached hydrogens (tertiary/aromatic N) is 1. The first-order valence-corrected chi connectivity index (χ1v) is 12.0. The minimum atomic E-state index is -4.06. The fourth-order valence-electron chi connectivity index (χ4n) is 2.42. The maximum Gasteiger partial charge on any atom is 0.244 e. The summed E-state index contributed by atoms with van der Waals surface area (Å²) in [6.45, 7) is 1.80. The lowest BCUT2D eigenvalue weighted by atomic mass is 10.1. The second kappa shape index (κ2) is 10.9. The van der Waals surface area contributed by atoms with Gasteiger partial charge in [-0.3, -0.25) is 4.79 Å². The Morgan fingerprint density at radius 2 is 1.83 bits per heavy atom. The summed E-state index contributed by atoms with van der Waals surface area (Å²) >= 11 is 13.4. The molecule has 0 bridgehead atoms. The second-order valence-electron chi connectivity index (χ2n) is 6.01. The van der Waals surface area contributed by atoms with E-state index in [1.165, 1.54) is 25.1 Å². The third kappa shape index (κ3) is 6.63. The molecule has 0 aliphatic carbocycles. The molecule has 0 saturated carbocycles. The fourth-order valence-corrected chi connectivity index (χ4v) is 5.63. The van der Waals surface area contributed by atoms with Crippen LogP contribution in [0, 0.1) is 11.3 Å². The SMILES string of the molecule is C[C@H](NS(=O)(=O)c1c(Cl)cccc1Cl)C(=O)NCCSCc1ccccc1C#N. The number of carbonyl (C=O) groups excluding carboxylic acids is 1. The van der Waals surface area contributed by atoms with Crippen LogP contribution in [0.3, 0.4) is 0 Å². The third-order valence-electron chi connectivity index (χ3n) is 3.85. The molecule has 0 saturated heterocycles. The van der Waals surface area contributed by atoms with Crippen LogP contribution in [-0.4, -0.2) is 32.7 Å². The summed E-state index contributed by atoms with van der Waals surface area (Å²) in [5, 5.41) is 11.7. The van der Waals surface area contributed by atoms with Crippen molar-refractivity contribution in [3.63, 3.8) is 0 Å². The van der Waals surface area contributed by atoms with Crippen LogP contribution in [0.4, 0.5) is 0 Å². The minimum absolute atomic E-state index is 0.0216. The van der Waals surface area contributed by atoms with Crippen LogP contribution >= 0.6 is 35.0 Å². The van der Waals surface area contributed by atoms with Gasteiger partial charge in [-0.05, 0) is 30.7 Å².